The normalized spacial score (nSPS) is 17.1. The number of carbonyl (C=O) groups excluding carboxylic acids is 1. The van der Waals surface area contributed by atoms with Crippen molar-refractivity contribution in [3.8, 4) is 11.8 Å². The third kappa shape index (κ3) is 4.09. The minimum absolute atomic E-state index is 0.0363. The van der Waals surface area contributed by atoms with Crippen molar-refractivity contribution in [2.75, 3.05) is 30.4 Å². The molecule has 6 nitrogen and oxygen atoms in total. The Labute approximate surface area is 204 Å². The maximum Gasteiger partial charge on any atom is 0.262 e. The first kappa shape index (κ1) is 22.3. The Hall–Kier alpha value is -3.53. The first-order valence-electron chi connectivity index (χ1n) is 11.3. The van der Waals surface area contributed by atoms with Gasteiger partial charge in [0.15, 0.2) is 0 Å². The maximum atomic E-state index is 13.8. The van der Waals surface area contributed by atoms with Gasteiger partial charge < -0.3 is 10.1 Å². The van der Waals surface area contributed by atoms with Gasteiger partial charge in [0, 0.05) is 43.2 Å². The Balaban J connectivity index is 1.45. The Morgan fingerprint density at radius 3 is 2.56 bits per heavy atom. The number of methoxy groups -OCH3 is 1. The van der Waals surface area contributed by atoms with Crippen LogP contribution in [0.3, 0.4) is 0 Å². The van der Waals surface area contributed by atoms with Crippen molar-refractivity contribution in [1.82, 2.24) is 4.90 Å². The SMILES string of the molecule is COc1ccc(N2C(=O)c3ccc(Cl)cc3NC23CCN(Cc2cccc(C#N)c2)CC3)cc1. The highest BCUT2D eigenvalue weighted by atomic mass is 35.5. The van der Waals surface area contributed by atoms with Gasteiger partial charge in [-0.2, -0.15) is 5.26 Å². The van der Waals surface area contributed by atoms with E-state index in [2.05, 4.69) is 22.4 Å². The molecule has 0 atom stereocenters. The third-order valence-electron chi connectivity index (χ3n) is 6.69. The molecule has 2 heterocycles. The molecule has 0 unspecified atom stereocenters. The average molecular weight is 473 g/mol. The van der Waals surface area contributed by atoms with Gasteiger partial charge in [0.05, 0.1) is 30.0 Å². The lowest BCUT2D eigenvalue weighted by atomic mass is 9.89. The van der Waals surface area contributed by atoms with E-state index < -0.39 is 5.66 Å². The molecule has 1 saturated heterocycles. The van der Waals surface area contributed by atoms with E-state index in [1.54, 1.807) is 19.2 Å². The number of hydrogen-bond acceptors (Lipinski definition) is 5. The van der Waals surface area contributed by atoms with Crippen LogP contribution in [0.1, 0.15) is 34.3 Å². The summed E-state index contributed by atoms with van der Waals surface area (Å²) in [6.45, 7) is 2.38. The molecule has 2 aliphatic heterocycles. The number of rotatable bonds is 4. The Morgan fingerprint density at radius 1 is 1.09 bits per heavy atom. The number of fused-ring (bicyclic) bond motifs is 1. The fraction of sp³-hybridized carbons (Fsp3) is 0.259. The van der Waals surface area contributed by atoms with Crippen LogP contribution in [0.4, 0.5) is 11.4 Å². The maximum absolute atomic E-state index is 13.8. The highest BCUT2D eigenvalue weighted by Crippen LogP contribution is 2.42. The summed E-state index contributed by atoms with van der Waals surface area (Å²) >= 11 is 6.27. The van der Waals surface area contributed by atoms with Gasteiger partial charge in [0.2, 0.25) is 0 Å². The van der Waals surface area contributed by atoms with Gasteiger partial charge >= 0.3 is 0 Å². The topological polar surface area (TPSA) is 68.6 Å². The fourth-order valence-electron chi connectivity index (χ4n) is 4.95. The van der Waals surface area contributed by atoms with Crippen molar-refractivity contribution < 1.29 is 9.53 Å². The van der Waals surface area contributed by atoms with E-state index in [1.807, 2.05) is 53.4 Å². The van der Waals surface area contributed by atoms with Crippen LogP contribution in [0.15, 0.2) is 66.7 Å². The van der Waals surface area contributed by atoms with Crippen LogP contribution >= 0.6 is 11.6 Å². The predicted molar refractivity (Wildman–Crippen MR) is 133 cm³/mol. The monoisotopic (exact) mass is 472 g/mol. The summed E-state index contributed by atoms with van der Waals surface area (Å²) in [6, 6.07) is 22.9. The lowest BCUT2D eigenvalue weighted by Crippen LogP contribution is -2.64. The van der Waals surface area contributed by atoms with E-state index in [4.69, 9.17) is 16.3 Å². The number of nitrogens with one attached hydrogen (secondary N) is 1. The van der Waals surface area contributed by atoms with E-state index in [9.17, 15) is 10.1 Å². The molecule has 7 heteroatoms. The zero-order valence-electron chi connectivity index (χ0n) is 18.9. The minimum Gasteiger partial charge on any atom is -0.497 e. The molecule has 1 spiro atoms. The van der Waals surface area contributed by atoms with Gasteiger partial charge in [-0.05, 0) is 60.2 Å². The van der Waals surface area contributed by atoms with E-state index in [0.717, 1.165) is 55.2 Å². The van der Waals surface area contributed by atoms with Gasteiger partial charge in [-0.25, -0.2) is 0 Å². The molecule has 1 amide bonds. The summed E-state index contributed by atoms with van der Waals surface area (Å²) < 4.78 is 5.32. The first-order valence-corrected chi connectivity index (χ1v) is 11.7. The molecule has 2 aliphatic rings. The predicted octanol–water partition coefficient (Wildman–Crippen LogP) is 5.28. The molecular formula is C27H25ClN4O2. The van der Waals surface area contributed by atoms with E-state index in [1.165, 1.54) is 0 Å². The van der Waals surface area contributed by atoms with Gasteiger partial charge in [0.25, 0.3) is 5.91 Å². The summed E-state index contributed by atoms with van der Waals surface area (Å²) in [5.74, 6) is 0.711. The standard InChI is InChI=1S/C27H25ClN4O2/c1-34-23-8-6-22(7-9-23)32-26(33)24-10-5-21(28)16-25(24)30-27(32)11-13-31(14-12-27)18-20-4-2-3-19(15-20)17-29/h2-10,15-16,30H,11-14,18H2,1H3. The van der Waals surface area contributed by atoms with Crippen molar-refractivity contribution in [2.45, 2.75) is 25.0 Å². The number of carbonyl (C=O) groups is 1. The second-order valence-electron chi connectivity index (χ2n) is 8.77. The Kier molecular flexibility index (Phi) is 5.91. The second kappa shape index (κ2) is 9.02. The van der Waals surface area contributed by atoms with Crippen LogP contribution < -0.4 is 15.0 Å². The Bertz CT molecular complexity index is 1260. The molecule has 3 aromatic carbocycles. The van der Waals surface area contributed by atoms with E-state index >= 15 is 0 Å². The zero-order valence-corrected chi connectivity index (χ0v) is 19.7. The third-order valence-corrected chi connectivity index (χ3v) is 6.92. The number of anilines is 2. The molecule has 172 valence electrons. The molecule has 0 saturated carbocycles. The average Bonchev–Trinajstić information content (AvgIpc) is 2.86. The number of piperidine rings is 1. The van der Waals surface area contributed by atoms with Crippen molar-refractivity contribution in [3.05, 3.63) is 88.4 Å². The summed E-state index contributed by atoms with van der Waals surface area (Å²) in [7, 11) is 1.63. The highest BCUT2D eigenvalue weighted by molar-refractivity contribution is 6.31. The van der Waals surface area contributed by atoms with Crippen molar-refractivity contribution in [2.24, 2.45) is 0 Å². The molecule has 1 fully saturated rings. The minimum atomic E-state index is -0.561. The molecule has 5 rings (SSSR count). The molecule has 0 aromatic heterocycles. The lowest BCUT2D eigenvalue weighted by molar-refractivity contribution is 0.0904. The highest BCUT2D eigenvalue weighted by Gasteiger charge is 2.47. The van der Waals surface area contributed by atoms with Gasteiger partial charge in [-0.1, -0.05) is 23.7 Å². The smallest absolute Gasteiger partial charge is 0.262 e. The number of halogens is 1. The Morgan fingerprint density at radius 2 is 1.85 bits per heavy atom. The number of ether oxygens (including phenoxy) is 1. The number of benzene rings is 3. The number of hydrogen-bond donors (Lipinski definition) is 1. The molecular weight excluding hydrogens is 448 g/mol. The van der Waals surface area contributed by atoms with Gasteiger partial charge in [-0.15, -0.1) is 0 Å². The lowest BCUT2D eigenvalue weighted by Gasteiger charge is -2.52. The van der Waals surface area contributed by atoms with E-state index in [0.29, 0.717) is 16.1 Å². The van der Waals surface area contributed by atoms with Crippen molar-refractivity contribution >= 4 is 28.9 Å². The second-order valence-corrected chi connectivity index (χ2v) is 9.21. The number of nitriles is 1. The van der Waals surface area contributed by atoms with Crippen LogP contribution in [0.5, 0.6) is 5.75 Å². The van der Waals surface area contributed by atoms with Crippen LogP contribution in [0.25, 0.3) is 0 Å². The van der Waals surface area contributed by atoms with Crippen LogP contribution in [0, 0.1) is 11.3 Å². The number of amides is 1. The largest absolute Gasteiger partial charge is 0.497 e. The molecule has 0 bridgehead atoms. The fourth-order valence-corrected chi connectivity index (χ4v) is 5.12. The van der Waals surface area contributed by atoms with Crippen molar-refractivity contribution in [1.29, 1.82) is 5.26 Å². The van der Waals surface area contributed by atoms with Gasteiger partial charge in [-0.3, -0.25) is 14.6 Å². The summed E-state index contributed by atoms with van der Waals surface area (Å²) in [4.78, 5) is 18.0. The summed E-state index contributed by atoms with van der Waals surface area (Å²) in [5, 5.41) is 13.5. The number of nitrogens with zero attached hydrogens (tertiary/aromatic N) is 3. The van der Waals surface area contributed by atoms with Crippen molar-refractivity contribution in [3.63, 3.8) is 0 Å². The molecule has 1 N–H and O–H groups in total. The summed E-state index contributed by atoms with van der Waals surface area (Å²) in [6.07, 6.45) is 1.49. The quantitative estimate of drug-likeness (QED) is 0.559. The summed E-state index contributed by atoms with van der Waals surface area (Å²) in [5.41, 5.74) is 3.44. The van der Waals surface area contributed by atoms with Gasteiger partial charge in [0.1, 0.15) is 11.4 Å². The molecule has 34 heavy (non-hydrogen) atoms. The molecule has 3 aromatic rings. The van der Waals surface area contributed by atoms with Crippen LogP contribution in [-0.4, -0.2) is 36.7 Å². The van der Waals surface area contributed by atoms with Crippen LogP contribution in [-0.2, 0) is 6.54 Å². The molecule has 0 aliphatic carbocycles. The van der Waals surface area contributed by atoms with Crippen LogP contribution in [0.2, 0.25) is 5.02 Å². The van der Waals surface area contributed by atoms with E-state index in [-0.39, 0.29) is 5.91 Å². The zero-order chi connectivity index (χ0) is 23.7. The molecule has 0 radical (unpaired) electrons. The number of likely N-dealkylation sites (tertiary alicyclic amines) is 1. The first-order chi connectivity index (χ1) is 16.5.